The molecule has 0 saturated carbocycles. The van der Waals surface area contributed by atoms with E-state index in [2.05, 4.69) is 23.5 Å². The SMILES string of the molecule is P=NPc1ncc[nH]1. The van der Waals surface area contributed by atoms with Gasteiger partial charge in [-0.1, -0.05) is 0 Å². The fourth-order valence-corrected chi connectivity index (χ4v) is 1.08. The molecule has 1 N–H and O–H groups in total. The van der Waals surface area contributed by atoms with Crippen molar-refractivity contribution in [2.24, 2.45) is 4.52 Å². The molecule has 0 aliphatic carbocycles. The molecule has 0 bridgehead atoms. The van der Waals surface area contributed by atoms with E-state index < -0.39 is 0 Å². The topological polar surface area (TPSA) is 41.0 Å². The summed E-state index contributed by atoms with van der Waals surface area (Å²) in [4.78, 5) is 6.85. The lowest BCUT2D eigenvalue weighted by atomic mass is 11.0. The van der Waals surface area contributed by atoms with Crippen molar-refractivity contribution in [3.05, 3.63) is 12.4 Å². The van der Waals surface area contributed by atoms with Gasteiger partial charge in [-0.05, 0) is 9.03 Å². The van der Waals surface area contributed by atoms with Gasteiger partial charge >= 0.3 is 0 Å². The molecular formula is C3H5N3P2. The molecule has 0 spiro atoms. The predicted octanol–water partition coefficient (Wildman–Crippen LogP) is 0.955. The van der Waals surface area contributed by atoms with E-state index in [-0.39, 0.29) is 0 Å². The highest BCUT2D eigenvalue weighted by Gasteiger charge is 1.86. The molecule has 1 aromatic rings. The van der Waals surface area contributed by atoms with Crippen molar-refractivity contribution in [1.29, 1.82) is 0 Å². The summed E-state index contributed by atoms with van der Waals surface area (Å²) in [7, 11) is 3.37. The van der Waals surface area contributed by atoms with Crippen LogP contribution in [0.4, 0.5) is 0 Å². The van der Waals surface area contributed by atoms with Gasteiger partial charge in [0, 0.05) is 12.4 Å². The van der Waals surface area contributed by atoms with Gasteiger partial charge in [-0.3, -0.25) is 0 Å². The van der Waals surface area contributed by atoms with E-state index in [1.165, 1.54) is 0 Å². The summed E-state index contributed by atoms with van der Waals surface area (Å²) < 4.78 is 3.72. The van der Waals surface area contributed by atoms with Crippen molar-refractivity contribution in [3.63, 3.8) is 0 Å². The molecule has 1 atom stereocenters. The number of nitrogens with one attached hydrogen (secondary N) is 1. The van der Waals surface area contributed by atoms with Crippen molar-refractivity contribution in [2.45, 2.75) is 0 Å². The Labute approximate surface area is 51.1 Å². The standard InChI is InChI=1S/C3H5N3P2/c7-6-8-3-4-1-2-5-3/h1-2,7-8H,(H,4,5). The number of aromatic amines is 1. The fourth-order valence-electron chi connectivity index (χ4n) is 0.379. The number of hydrogen-bond acceptors (Lipinski definition) is 2. The van der Waals surface area contributed by atoms with Crippen LogP contribution in [0, 0.1) is 0 Å². The third-order valence-electron chi connectivity index (χ3n) is 0.660. The average Bonchev–Trinajstić information content (AvgIpc) is 2.19. The Bertz CT molecular complexity index is 159. The van der Waals surface area contributed by atoms with E-state index in [9.17, 15) is 0 Å². The Morgan fingerprint density at radius 3 is 3.25 bits per heavy atom. The molecule has 8 heavy (non-hydrogen) atoms. The number of imidazole rings is 1. The van der Waals surface area contributed by atoms with Crippen LogP contribution < -0.4 is 5.57 Å². The summed E-state index contributed by atoms with van der Waals surface area (Å²) in [6.07, 6.45) is 3.49. The van der Waals surface area contributed by atoms with Crippen LogP contribution in [0.1, 0.15) is 0 Å². The van der Waals surface area contributed by atoms with E-state index in [0.29, 0.717) is 8.73 Å². The molecule has 5 heteroatoms. The number of rotatable bonds is 2. The molecule has 0 saturated heterocycles. The van der Waals surface area contributed by atoms with E-state index in [1.54, 1.807) is 12.4 Å². The Hall–Kier alpha value is -0.260. The second kappa shape index (κ2) is 2.91. The lowest BCUT2D eigenvalue weighted by molar-refractivity contribution is 1.41. The molecule has 1 rings (SSSR count). The zero-order valence-electron chi connectivity index (χ0n) is 4.05. The molecule has 0 aromatic carbocycles. The monoisotopic (exact) mass is 145 g/mol. The van der Waals surface area contributed by atoms with Crippen LogP contribution >= 0.6 is 17.8 Å². The van der Waals surface area contributed by atoms with E-state index in [0.717, 1.165) is 5.57 Å². The zero-order chi connectivity index (χ0) is 5.82. The van der Waals surface area contributed by atoms with Gasteiger partial charge in [0.25, 0.3) is 0 Å². The second-order valence-corrected chi connectivity index (χ2v) is 2.75. The quantitative estimate of drug-likeness (QED) is 0.618. The van der Waals surface area contributed by atoms with Crippen LogP contribution in [0.15, 0.2) is 16.9 Å². The van der Waals surface area contributed by atoms with Gasteiger partial charge in [-0.15, -0.1) is 0 Å². The third-order valence-corrected chi connectivity index (χ3v) is 1.59. The van der Waals surface area contributed by atoms with E-state index in [1.807, 2.05) is 0 Å². The first-order valence-electron chi connectivity index (χ1n) is 2.05. The summed E-state index contributed by atoms with van der Waals surface area (Å²) in [6.45, 7) is 0. The van der Waals surface area contributed by atoms with Crippen molar-refractivity contribution >= 4 is 23.3 Å². The summed E-state index contributed by atoms with van der Waals surface area (Å²) >= 11 is 0. The van der Waals surface area contributed by atoms with Crippen molar-refractivity contribution in [1.82, 2.24) is 9.97 Å². The highest BCUT2D eigenvalue weighted by molar-refractivity contribution is 7.48. The van der Waals surface area contributed by atoms with Gasteiger partial charge in [0.05, 0.1) is 8.73 Å². The minimum atomic E-state index is 0.383. The molecule has 42 valence electrons. The van der Waals surface area contributed by atoms with Crippen molar-refractivity contribution in [3.8, 4) is 0 Å². The normalized spacial score (nSPS) is 10.5. The molecule has 1 unspecified atom stereocenters. The maximum absolute atomic E-state index is 3.94. The number of nitrogens with zero attached hydrogens (tertiary/aromatic N) is 2. The lowest BCUT2D eigenvalue weighted by Gasteiger charge is -1.81. The second-order valence-electron chi connectivity index (χ2n) is 1.16. The molecule has 0 radical (unpaired) electrons. The summed E-state index contributed by atoms with van der Waals surface area (Å²) in [5, 5.41) is 0. The van der Waals surface area contributed by atoms with Crippen LogP contribution in [-0.4, -0.2) is 9.97 Å². The van der Waals surface area contributed by atoms with Gasteiger partial charge in [0.2, 0.25) is 0 Å². The highest BCUT2D eigenvalue weighted by Crippen LogP contribution is 2.08. The van der Waals surface area contributed by atoms with Crippen LogP contribution in [0.25, 0.3) is 0 Å². The van der Waals surface area contributed by atoms with Crippen LogP contribution in [0.5, 0.6) is 0 Å². The molecule has 1 heterocycles. The van der Waals surface area contributed by atoms with Gasteiger partial charge in [-0.25, -0.2) is 9.50 Å². The van der Waals surface area contributed by atoms with Crippen molar-refractivity contribution in [2.75, 3.05) is 0 Å². The molecule has 0 amide bonds. The van der Waals surface area contributed by atoms with Gasteiger partial charge in [0.15, 0.2) is 0 Å². The Morgan fingerprint density at radius 2 is 2.75 bits per heavy atom. The maximum Gasteiger partial charge on any atom is 0.149 e. The van der Waals surface area contributed by atoms with Crippen molar-refractivity contribution < 1.29 is 0 Å². The largest absolute Gasteiger partial charge is 0.344 e. The summed E-state index contributed by atoms with van der Waals surface area (Å²) in [5.41, 5.74) is 0.903. The molecule has 1 aromatic heterocycles. The Morgan fingerprint density at radius 1 is 1.88 bits per heavy atom. The first-order chi connectivity index (χ1) is 3.93. The molecule has 0 fully saturated rings. The lowest BCUT2D eigenvalue weighted by Crippen LogP contribution is -1.94. The summed E-state index contributed by atoms with van der Waals surface area (Å²) in [6, 6.07) is 0. The zero-order valence-corrected chi connectivity index (χ0v) is 6.05. The number of aromatic nitrogens is 2. The summed E-state index contributed by atoms with van der Waals surface area (Å²) in [5.74, 6) is 0. The Balaban J connectivity index is 2.62. The molecular weight excluding hydrogens is 140 g/mol. The molecule has 0 aliphatic rings. The molecule has 3 nitrogen and oxygen atoms in total. The smallest absolute Gasteiger partial charge is 0.149 e. The molecule has 0 aliphatic heterocycles. The van der Waals surface area contributed by atoms with Gasteiger partial charge in [0.1, 0.15) is 5.57 Å². The minimum absolute atomic E-state index is 0.383. The minimum Gasteiger partial charge on any atom is -0.344 e. The predicted molar refractivity (Wildman–Crippen MR) is 37.3 cm³/mol. The number of H-pyrrole nitrogens is 1. The van der Waals surface area contributed by atoms with Crippen LogP contribution in [-0.2, 0) is 0 Å². The van der Waals surface area contributed by atoms with Crippen LogP contribution in [0.3, 0.4) is 0 Å². The first kappa shape index (κ1) is 5.87. The third kappa shape index (κ3) is 1.36. The van der Waals surface area contributed by atoms with Crippen LogP contribution in [0.2, 0.25) is 0 Å². The highest BCUT2D eigenvalue weighted by atomic mass is 31.1. The van der Waals surface area contributed by atoms with E-state index >= 15 is 0 Å². The van der Waals surface area contributed by atoms with E-state index in [4.69, 9.17) is 0 Å². The Kier molecular flexibility index (Phi) is 2.13. The fraction of sp³-hybridized carbons (Fsp3) is 0. The maximum atomic E-state index is 3.94. The average molecular weight is 145 g/mol. The first-order valence-corrected chi connectivity index (χ1v) is 3.45. The van der Waals surface area contributed by atoms with Gasteiger partial charge < -0.3 is 4.98 Å². The van der Waals surface area contributed by atoms with Gasteiger partial charge in [-0.2, -0.15) is 0 Å². The number of hydrogen-bond donors (Lipinski definition) is 1.